The number of anilines is 1. The van der Waals surface area contributed by atoms with Crippen LogP contribution in [0.4, 0.5) is 15.3 Å². The highest BCUT2D eigenvalue weighted by Gasteiger charge is 2.33. The summed E-state index contributed by atoms with van der Waals surface area (Å²) < 4.78 is 10.6. The van der Waals surface area contributed by atoms with Crippen molar-refractivity contribution < 1.29 is 29.0 Å². The number of nitrogens with zero attached hydrogens (tertiary/aromatic N) is 3. The van der Waals surface area contributed by atoms with Crippen molar-refractivity contribution in [1.82, 2.24) is 19.8 Å². The fraction of sp³-hybridized carbons (Fsp3) is 0.407. The lowest BCUT2D eigenvalue weighted by Crippen LogP contribution is -2.50. The van der Waals surface area contributed by atoms with Gasteiger partial charge in [-0.15, -0.1) is 0 Å². The predicted molar refractivity (Wildman–Crippen MR) is 139 cm³/mol. The molecule has 5 rings (SSSR count). The van der Waals surface area contributed by atoms with E-state index in [-0.39, 0.29) is 18.5 Å². The molecule has 0 spiro atoms. The molecule has 0 aliphatic carbocycles. The number of methoxy groups -OCH3 is 1. The summed E-state index contributed by atoms with van der Waals surface area (Å²) in [6.45, 7) is 3.25. The number of ether oxygens (including phenoxy) is 2. The Bertz CT molecular complexity index is 1360. The molecule has 2 aliphatic rings. The van der Waals surface area contributed by atoms with Crippen LogP contribution in [0.5, 0.6) is 6.01 Å². The lowest BCUT2D eigenvalue weighted by atomic mass is 10.0. The van der Waals surface area contributed by atoms with Gasteiger partial charge in [0.2, 0.25) is 6.10 Å². The Morgan fingerprint density at radius 1 is 1.18 bits per heavy atom. The maximum atomic E-state index is 12.9. The molecule has 3 heterocycles. The maximum Gasteiger partial charge on any atom is 0.410 e. The van der Waals surface area contributed by atoms with E-state index in [4.69, 9.17) is 9.47 Å². The van der Waals surface area contributed by atoms with Gasteiger partial charge in [-0.2, -0.15) is 4.98 Å². The first-order chi connectivity index (χ1) is 18.3. The Balaban J connectivity index is 1.19. The lowest BCUT2D eigenvalue weighted by Gasteiger charge is -2.37. The number of carbonyl (C=O) groups excluding carboxylic acids is 2. The minimum atomic E-state index is -1.34. The smallest absolute Gasteiger partial charge is 0.410 e. The third kappa shape index (κ3) is 5.22. The molecular weight excluding hydrogens is 490 g/mol. The molecule has 3 aromatic rings. The number of imidazole rings is 1. The van der Waals surface area contributed by atoms with Crippen LogP contribution in [0.2, 0.25) is 0 Å². The molecule has 38 heavy (non-hydrogen) atoms. The molecule has 0 unspecified atom stereocenters. The molecule has 3 N–H and O–H groups in total. The van der Waals surface area contributed by atoms with Gasteiger partial charge in [-0.05, 0) is 55.0 Å². The molecule has 1 saturated heterocycles. The zero-order valence-electron chi connectivity index (χ0n) is 21.4. The number of aliphatic carboxylic acids is 1. The normalized spacial score (nSPS) is 16.9. The lowest BCUT2D eigenvalue weighted by molar-refractivity contribution is -0.147. The highest BCUT2D eigenvalue weighted by molar-refractivity contribution is 5.91. The number of rotatable bonds is 6. The monoisotopic (exact) mass is 521 g/mol. The van der Waals surface area contributed by atoms with Crippen LogP contribution in [0.1, 0.15) is 29.5 Å². The van der Waals surface area contributed by atoms with Crippen molar-refractivity contribution in [3.05, 3.63) is 53.1 Å². The predicted octanol–water partition coefficient (Wildman–Crippen LogP) is 3.57. The Morgan fingerprint density at radius 2 is 1.95 bits per heavy atom. The van der Waals surface area contributed by atoms with E-state index in [1.165, 1.54) is 12.0 Å². The number of hydrogen-bond donors (Lipinski definition) is 3. The minimum absolute atomic E-state index is 0.0100. The number of carbonyl (C=O) groups is 3. The van der Waals surface area contributed by atoms with E-state index in [1.54, 1.807) is 6.07 Å². The molecule has 1 aromatic heterocycles. The molecule has 2 aliphatic heterocycles. The number of likely N-dealkylation sites (tertiary alicyclic amines) is 1. The van der Waals surface area contributed by atoms with E-state index < -0.39 is 18.2 Å². The van der Waals surface area contributed by atoms with Crippen LogP contribution in [0.15, 0.2) is 36.4 Å². The Hall–Kier alpha value is -4.28. The first-order valence-corrected chi connectivity index (χ1v) is 12.7. The molecule has 11 heteroatoms. The molecule has 0 bridgehead atoms. The van der Waals surface area contributed by atoms with Crippen LogP contribution in [-0.4, -0.2) is 81.9 Å². The van der Waals surface area contributed by atoms with Crippen molar-refractivity contribution in [3.8, 4) is 6.01 Å². The number of benzene rings is 2. The van der Waals surface area contributed by atoms with Gasteiger partial charge in [0.25, 0.3) is 6.01 Å². The van der Waals surface area contributed by atoms with Gasteiger partial charge in [0.15, 0.2) is 0 Å². The number of hydrogen-bond acceptors (Lipinski definition) is 6. The summed E-state index contributed by atoms with van der Waals surface area (Å²) >= 11 is 0. The summed E-state index contributed by atoms with van der Waals surface area (Å²) in [7, 11) is 1.51. The number of para-hydroxylation sites is 1. The van der Waals surface area contributed by atoms with Crippen LogP contribution >= 0.6 is 0 Å². The number of amides is 3. The fourth-order valence-corrected chi connectivity index (χ4v) is 5.24. The van der Waals surface area contributed by atoms with Crippen molar-refractivity contribution in [2.45, 2.75) is 44.8 Å². The first kappa shape index (κ1) is 25.4. The van der Waals surface area contributed by atoms with Gasteiger partial charge in [0.1, 0.15) is 0 Å². The number of fused-ring (bicyclic) bond motifs is 2. The van der Waals surface area contributed by atoms with Crippen molar-refractivity contribution >= 4 is 34.8 Å². The third-order valence-corrected chi connectivity index (χ3v) is 7.27. The average Bonchev–Trinajstić information content (AvgIpc) is 3.25. The van der Waals surface area contributed by atoms with Gasteiger partial charge in [-0.1, -0.05) is 24.3 Å². The van der Waals surface area contributed by atoms with E-state index in [2.05, 4.69) is 15.3 Å². The molecule has 1 atom stereocenters. The molecule has 200 valence electrons. The fourth-order valence-electron chi connectivity index (χ4n) is 5.24. The van der Waals surface area contributed by atoms with E-state index in [9.17, 15) is 19.5 Å². The van der Waals surface area contributed by atoms with E-state index in [0.29, 0.717) is 49.6 Å². The zero-order chi connectivity index (χ0) is 26.8. The number of carboxylic acid groups (broad SMARTS) is 1. The van der Waals surface area contributed by atoms with E-state index in [1.807, 2.05) is 42.2 Å². The highest BCUT2D eigenvalue weighted by atomic mass is 16.6. The number of piperidine rings is 1. The highest BCUT2D eigenvalue weighted by Crippen LogP contribution is 2.26. The summed E-state index contributed by atoms with van der Waals surface area (Å²) in [5.74, 6) is -1.22. The van der Waals surface area contributed by atoms with Gasteiger partial charge in [0.05, 0.1) is 18.1 Å². The quantitative estimate of drug-likeness (QED) is 0.451. The van der Waals surface area contributed by atoms with Crippen LogP contribution in [0.25, 0.3) is 11.0 Å². The van der Waals surface area contributed by atoms with Gasteiger partial charge in [-0.25, -0.2) is 14.4 Å². The Labute approximate surface area is 219 Å². The standard InChI is InChI=1S/C27H31N5O6/c1-16-13-17(14-21-23(16)30-25(28-21)37-2)15-22(24(33)34)38-27(36)31-10-8-19(9-11-31)32-12-7-18-5-3-4-6-20(18)29-26(32)35/h3-6,13-14,19,22H,7-12,15H2,1-2H3,(H,28,30)(H,29,35)(H,33,34)/t22-/m1/s1. The van der Waals surface area contributed by atoms with Crippen molar-refractivity contribution in [2.75, 3.05) is 32.1 Å². The molecule has 3 amide bonds. The van der Waals surface area contributed by atoms with Gasteiger partial charge < -0.3 is 34.7 Å². The summed E-state index contributed by atoms with van der Waals surface area (Å²) in [6, 6.07) is 11.6. The van der Waals surface area contributed by atoms with Crippen LogP contribution in [0.3, 0.4) is 0 Å². The molecule has 0 radical (unpaired) electrons. The molecule has 2 aromatic carbocycles. The number of aromatic nitrogens is 2. The summed E-state index contributed by atoms with van der Waals surface area (Å²) in [5.41, 5.74) is 4.96. The molecular formula is C27H31N5O6. The second kappa shape index (κ2) is 10.6. The third-order valence-electron chi connectivity index (χ3n) is 7.27. The summed E-state index contributed by atoms with van der Waals surface area (Å²) in [4.78, 5) is 48.4. The second-order valence-corrected chi connectivity index (χ2v) is 9.72. The summed E-state index contributed by atoms with van der Waals surface area (Å²) in [5, 5.41) is 12.7. The first-order valence-electron chi connectivity index (χ1n) is 12.7. The number of aromatic amines is 1. The Morgan fingerprint density at radius 3 is 2.68 bits per heavy atom. The van der Waals surface area contributed by atoms with Crippen molar-refractivity contribution in [1.29, 1.82) is 0 Å². The van der Waals surface area contributed by atoms with Gasteiger partial charge >= 0.3 is 18.1 Å². The number of aryl methyl sites for hydroxylation is 1. The largest absolute Gasteiger partial charge is 0.478 e. The molecule has 1 fully saturated rings. The molecule has 0 saturated carbocycles. The van der Waals surface area contributed by atoms with Crippen molar-refractivity contribution in [3.63, 3.8) is 0 Å². The second-order valence-electron chi connectivity index (χ2n) is 9.72. The van der Waals surface area contributed by atoms with E-state index in [0.717, 1.165) is 28.8 Å². The van der Waals surface area contributed by atoms with E-state index >= 15 is 0 Å². The summed E-state index contributed by atoms with van der Waals surface area (Å²) in [6.07, 6.45) is -0.0530. The number of urea groups is 1. The minimum Gasteiger partial charge on any atom is -0.478 e. The van der Waals surface area contributed by atoms with Crippen LogP contribution in [0, 0.1) is 6.92 Å². The number of carboxylic acids is 1. The average molecular weight is 522 g/mol. The number of nitrogens with one attached hydrogen (secondary N) is 2. The topological polar surface area (TPSA) is 137 Å². The molecule has 11 nitrogen and oxygen atoms in total. The van der Waals surface area contributed by atoms with Crippen LogP contribution < -0.4 is 10.1 Å². The van der Waals surface area contributed by atoms with Crippen molar-refractivity contribution in [2.24, 2.45) is 0 Å². The zero-order valence-corrected chi connectivity index (χ0v) is 21.4. The number of H-pyrrole nitrogens is 1. The SMILES string of the molecule is COc1nc2cc(C[C@@H](OC(=O)N3CCC(N4CCc5ccccc5NC4=O)CC3)C(=O)O)cc(C)c2[nH]1. The van der Waals surface area contributed by atoms with Crippen LogP contribution in [-0.2, 0) is 22.4 Å². The maximum absolute atomic E-state index is 12.9. The van der Waals surface area contributed by atoms with Gasteiger partial charge in [0, 0.05) is 37.8 Å². The Kier molecular flexibility index (Phi) is 7.08. The van der Waals surface area contributed by atoms with Gasteiger partial charge in [-0.3, -0.25) is 0 Å².